The number of aromatic nitrogens is 3. The van der Waals surface area contributed by atoms with Gasteiger partial charge in [-0.25, -0.2) is 9.67 Å². The number of para-hydroxylation sites is 1. The van der Waals surface area contributed by atoms with Gasteiger partial charge in [0.2, 0.25) is 5.88 Å². The number of methoxy groups -OCH3 is 1. The highest BCUT2D eigenvalue weighted by molar-refractivity contribution is 7.18. The van der Waals surface area contributed by atoms with Crippen LogP contribution in [0.4, 0.5) is 0 Å². The third kappa shape index (κ3) is 3.79. The number of nitrogens with zero attached hydrogens (tertiary/aromatic N) is 3. The summed E-state index contributed by atoms with van der Waals surface area (Å²) in [7, 11) is 1.61. The summed E-state index contributed by atoms with van der Waals surface area (Å²) in [5.41, 5.74) is 2.04. The summed E-state index contributed by atoms with van der Waals surface area (Å²) in [4.78, 5) is 6.31. The van der Waals surface area contributed by atoms with Crippen LogP contribution in [-0.2, 0) is 5.60 Å². The fourth-order valence-corrected chi connectivity index (χ4v) is 4.26. The average Bonchev–Trinajstić information content (AvgIpc) is 3.35. The van der Waals surface area contributed by atoms with Crippen LogP contribution < -0.4 is 4.74 Å². The highest BCUT2D eigenvalue weighted by Gasteiger charge is 2.24. The molecule has 4 rings (SSSR count). The number of halogens is 1. The molecule has 3 heterocycles. The molecule has 5 nitrogen and oxygen atoms in total. The predicted octanol–water partition coefficient (Wildman–Crippen LogP) is 5.55. The number of rotatable bonds is 5. The molecule has 29 heavy (non-hydrogen) atoms. The second-order valence-electron chi connectivity index (χ2n) is 7.06. The van der Waals surface area contributed by atoms with E-state index in [1.165, 1.54) is 0 Å². The SMILES string of the molecule is COc1ncccc1-c1ccc(-c2cc(C(C)(C)O)nn2-c2ccccc2Cl)s1. The molecule has 0 radical (unpaired) electrons. The van der Waals surface area contributed by atoms with Crippen LogP contribution in [0.2, 0.25) is 5.02 Å². The molecule has 0 saturated heterocycles. The van der Waals surface area contributed by atoms with Gasteiger partial charge in [-0.1, -0.05) is 23.7 Å². The van der Waals surface area contributed by atoms with E-state index in [4.69, 9.17) is 16.3 Å². The fourth-order valence-electron chi connectivity index (χ4n) is 3.02. The van der Waals surface area contributed by atoms with E-state index in [2.05, 4.69) is 10.1 Å². The number of benzene rings is 1. The van der Waals surface area contributed by atoms with E-state index in [0.717, 1.165) is 26.7 Å². The Bertz CT molecular complexity index is 1160. The van der Waals surface area contributed by atoms with Gasteiger partial charge in [-0.15, -0.1) is 11.3 Å². The topological polar surface area (TPSA) is 60.2 Å². The summed E-state index contributed by atoms with van der Waals surface area (Å²) in [5, 5.41) is 15.8. The van der Waals surface area contributed by atoms with Crippen LogP contribution in [0.1, 0.15) is 19.5 Å². The van der Waals surface area contributed by atoms with Crippen molar-refractivity contribution in [1.29, 1.82) is 0 Å². The van der Waals surface area contributed by atoms with Crippen LogP contribution in [0, 0.1) is 0 Å². The minimum absolute atomic E-state index is 0.571. The predicted molar refractivity (Wildman–Crippen MR) is 117 cm³/mol. The van der Waals surface area contributed by atoms with Crippen molar-refractivity contribution in [2.24, 2.45) is 0 Å². The van der Waals surface area contributed by atoms with Crippen LogP contribution in [0.3, 0.4) is 0 Å². The standard InChI is InChI=1S/C22H20ClN3O2S/c1-22(2,27)20-13-17(26(25-20)16-9-5-4-8-15(16)23)19-11-10-18(29-19)14-7-6-12-24-21(14)28-3/h4-13,27H,1-3H3. The number of pyridine rings is 1. The van der Waals surface area contributed by atoms with E-state index >= 15 is 0 Å². The Labute approximate surface area is 178 Å². The van der Waals surface area contributed by atoms with Crippen LogP contribution >= 0.6 is 22.9 Å². The first-order valence-electron chi connectivity index (χ1n) is 9.06. The van der Waals surface area contributed by atoms with Gasteiger partial charge in [0.25, 0.3) is 0 Å². The molecule has 0 spiro atoms. The van der Waals surface area contributed by atoms with Gasteiger partial charge in [-0.3, -0.25) is 0 Å². The smallest absolute Gasteiger partial charge is 0.221 e. The Hall–Kier alpha value is -2.67. The summed E-state index contributed by atoms with van der Waals surface area (Å²) in [6, 6.07) is 17.4. The summed E-state index contributed by atoms with van der Waals surface area (Å²) >= 11 is 8.04. The van der Waals surface area contributed by atoms with E-state index in [-0.39, 0.29) is 0 Å². The Morgan fingerprint density at radius 2 is 1.83 bits per heavy atom. The largest absolute Gasteiger partial charge is 0.481 e. The quantitative estimate of drug-likeness (QED) is 0.455. The van der Waals surface area contributed by atoms with E-state index < -0.39 is 5.60 Å². The Morgan fingerprint density at radius 3 is 2.55 bits per heavy atom. The number of hydrogen-bond acceptors (Lipinski definition) is 5. The van der Waals surface area contributed by atoms with Crippen LogP contribution in [-0.4, -0.2) is 27.0 Å². The number of ether oxygens (including phenoxy) is 1. The van der Waals surface area contributed by atoms with E-state index in [1.54, 1.807) is 43.2 Å². The van der Waals surface area contributed by atoms with Crippen LogP contribution in [0.15, 0.2) is 60.8 Å². The lowest BCUT2D eigenvalue weighted by Crippen LogP contribution is -2.16. The maximum atomic E-state index is 10.5. The van der Waals surface area contributed by atoms with E-state index in [0.29, 0.717) is 16.6 Å². The molecule has 0 unspecified atom stereocenters. The van der Waals surface area contributed by atoms with Gasteiger partial charge in [0, 0.05) is 11.1 Å². The van der Waals surface area contributed by atoms with Crippen molar-refractivity contribution in [3.05, 3.63) is 71.5 Å². The van der Waals surface area contributed by atoms with Gasteiger partial charge in [0.1, 0.15) is 5.60 Å². The molecule has 0 aliphatic carbocycles. The lowest BCUT2D eigenvalue weighted by molar-refractivity contribution is 0.0734. The molecule has 0 amide bonds. The molecule has 0 atom stereocenters. The van der Waals surface area contributed by atoms with Gasteiger partial charge in [0.15, 0.2) is 0 Å². The van der Waals surface area contributed by atoms with Crippen molar-refractivity contribution in [3.8, 4) is 32.6 Å². The lowest BCUT2D eigenvalue weighted by atomic mass is 10.1. The monoisotopic (exact) mass is 425 g/mol. The van der Waals surface area contributed by atoms with Crippen molar-refractivity contribution in [1.82, 2.24) is 14.8 Å². The first kappa shape index (κ1) is 19.6. The van der Waals surface area contributed by atoms with Crippen LogP contribution in [0.5, 0.6) is 5.88 Å². The summed E-state index contributed by atoms with van der Waals surface area (Å²) in [6.45, 7) is 3.44. The molecule has 0 aliphatic rings. The van der Waals surface area contributed by atoms with E-state index in [9.17, 15) is 5.11 Å². The van der Waals surface area contributed by atoms with Gasteiger partial charge in [0.05, 0.1) is 39.6 Å². The maximum absolute atomic E-state index is 10.5. The van der Waals surface area contributed by atoms with Gasteiger partial charge < -0.3 is 9.84 Å². The zero-order chi connectivity index (χ0) is 20.6. The molecule has 7 heteroatoms. The van der Waals surface area contributed by atoms with Crippen molar-refractivity contribution >= 4 is 22.9 Å². The maximum Gasteiger partial charge on any atom is 0.221 e. The zero-order valence-electron chi connectivity index (χ0n) is 16.3. The van der Waals surface area contributed by atoms with Gasteiger partial charge in [-0.2, -0.15) is 5.10 Å². The Morgan fingerprint density at radius 1 is 1.07 bits per heavy atom. The average molecular weight is 426 g/mol. The molecule has 1 N–H and O–H groups in total. The molecule has 0 aliphatic heterocycles. The van der Waals surface area contributed by atoms with Crippen molar-refractivity contribution in [3.63, 3.8) is 0 Å². The third-order valence-corrected chi connectivity index (χ3v) is 5.97. The molecule has 0 fully saturated rings. The number of aliphatic hydroxyl groups is 1. The first-order chi connectivity index (χ1) is 13.9. The van der Waals surface area contributed by atoms with Gasteiger partial charge >= 0.3 is 0 Å². The normalized spacial score (nSPS) is 11.6. The molecule has 148 valence electrons. The summed E-state index contributed by atoms with van der Waals surface area (Å²) < 4.78 is 7.18. The lowest BCUT2D eigenvalue weighted by Gasteiger charge is -2.13. The fraction of sp³-hybridized carbons (Fsp3) is 0.182. The minimum atomic E-state index is -1.08. The minimum Gasteiger partial charge on any atom is -0.481 e. The first-order valence-corrected chi connectivity index (χ1v) is 10.3. The Kier molecular flexibility index (Phi) is 5.17. The van der Waals surface area contributed by atoms with Crippen molar-refractivity contribution in [2.45, 2.75) is 19.4 Å². The summed E-state index contributed by atoms with van der Waals surface area (Å²) in [5.74, 6) is 0.581. The van der Waals surface area contributed by atoms with Crippen molar-refractivity contribution in [2.75, 3.05) is 7.11 Å². The Balaban J connectivity index is 1.86. The molecule has 0 bridgehead atoms. The number of thiophene rings is 1. The van der Waals surface area contributed by atoms with Crippen LogP contribution in [0.25, 0.3) is 26.7 Å². The molecule has 3 aromatic heterocycles. The van der Waals surface area contributed by atoms with Gasteiger partial charge in [-0.05, 0) is 56.3 Å². The zero-order valence-corrected chi connectivity index (χ0v) is 17.8. The molecular weight excluding hydrogens is 406 g/mol. The van der Waals surface area contributed by atoms with E-state index in [1.807, 2.05) is 54.6 Å². The highest BCUT2D eigenvalue weighted by atomic mass is 35.5. The highest BCUT2D eigenvalue weighted by Crippen LogP contribution is 2.39. The molecular formula is C22H20ClN3O2S. The number of hydrogen-bond donors (Lipinski definition) is 1. The molecule has 4 aromatic rings. The third-order valence-electron chi connectivity index (χ3n) is 4.51. The summed E-state index contributed by atoms with van der Waals surface area (Å²) in [6.07, 6.45) is 1.71. The second kappa shape index (κ2) is 7.63. The molecule has 1 aromatic carbocycles. The van der Waals surface area contributed by atoms with Crippen molar-refractivity contribution < 1.29 is 9.84 Å². The second-order valence-corrected chi connectivity index (χ2v) is 8.55. The molecule has 0 saturated carbocycles.